The predicted molar refractivity (Wildman–Crippen MR) is 132 cm³/mol. The Labute approximate surface area is 206 Å². The lowest BCUT2D eigenvalue weighted by Crippen LogP contribution is -2.45. The monoisotopic (exact) mass is 491 g/mol. The van der Waals surface area contributed by atoms with Crippen LogP contribution in [0.4, 0.5) is 20.6 Å². The maximum absolute atomic E-state index is 14.5. The fourth-order valence-electron chi connectivity index (χ4n) is 4.85. The van der Waals surface area contributed by atoms with E-state index in [2.05, 4.69) is 10.6 Å². The van der Waals surface area contributed by atoms with E-state index in [4.69, 9.17) is 5.21 Å². The molecule has 0 bridgehead atoms. The molecule has 0 radical (unpaired) electrons. The molecule has 1 aliphatic heterocycles. The van der Waals surface area contributed by atoms with E-state index in [1.165, 1.54) is 11.0 Å². The summed E-state index contributed by atoms with van der Waals surface area (Å²) in [6, 6.07) is 4.19. The van der Waals surface area contributed by atoms with Crippen molar-refractivity contribution in [1.82, 2.24) is 15.7 Å². The van der Waals surface area contributed by atoms with Crippen LogP contribution in [0, 0.1) is 17.2 Å². The quantitative estimate of drug-likeness (QED) is 0.296. The molecule has 9 nitrogen and oxygen atoms in total. The normalized spacial score (nSPS) is 16.3. The molecule has 0 atom stereocenters. The van der Waals surface area contributed by atoms with E-state index >= 15 is 0 Å². The molecule has 2 aliphatic rings. The highest BCUT2D eigenvalue weighted by Crippen LogP contribution is 2.28. The number of anilines is 2. The van der Waals surface area contributed by atoms with Crippen molar-refractivity contribution in [3.8, 4) is 0 Å². The average molecular weight is 492 g/mol. The van der Waals surface area contributed by atoms with Gasteiger partial charge in [-0.15, -0.1) is 0 Å². The van der Waals surface area contributed by atoms with Crippen LogP contribution in [0.1, 0.15) is 58.8 Å². The first kappa shape index (κ1) is 26.7. The summed E-state index contributed by atoms with van der Waals surface area (Å²) < 4.78 is 14.5. The van der Waals surface area contributed by atoms with Crippen molar-refractivity contribution in [1.29, 1.82) is 0 Å². The van der Waals surface area contributed by atoms with Crippen molar-refractivity contribution in [3.05, 3.63) is 24.0 Å². The molecule has 1 saturated heterocycles. The second-order valence-electron chi connectivity index (χ2n) is 10.5. The molecule has 1 aliphatic carbocycles. The predicted octanol–water partition coefficient (Wildman–Crippen LogP) is 3.49. The SMILES string of the molecule is CC(C)(CNC(=O)Nc1ccc(N2CCCC2)c(F)c1)CC(=O)N(CC(=O)NO)CC1CCCC1. The van der Waals surface area contributed by atoms with Gasteiger partial charge in [-0.25, -0.2) is 14.7 Å². The second-order valence-corrected chi connectivity index (χ2v) is 10.5. The largest absolute Gasteiger partial charge is 0.369 e. The van der Waals surface area contributed by atoms with Gasteiger partial charge in [0.25, 0.3) is 5.91 Å². The summed E-state index contributed by atoms with van der Waals surface area (Å²) in [5.41, 5.74) is 1.92. The zero-order chi connectivity index (χ0) is 25.4. The van der Waals surface area contributed by atoms with E-state index in [0.29, 0.717) is 23.8 Å². The summed E-state index contributed by atoms with van der Waals surface area (Å²) >= 11 is 0. The third kappa shape index (κ3) is 8.09. The molecule has 1 aromatic carbocycles. The van der Waals surface area contributed by atoms with Gasteiger partial charge in [-0.1, -0.05) is 26.7 Å². The fraction of sp³-hybridized carbons (Fsp3) is 0.640. The van der Waals surface area contributed by atoms with Gasteiger partial charge in [0.2, 0.25) is 5.91 Å². The number of urea groups is 1. The number of rotatable bonds is 10. The van der Waals surface area contributed by atoms with E-state index < -0.39 is 17.4 Å². The summed E-state index contributed by atoms with van der Waals surface area (Å²) in [7, 11) is 0. The number of hydroxylamine groups is 1. The molecule has 1 aromatic rings. The highest BCUT2D eigenvalue weighted by atomic mass is 19.1. The molecule has 1 saturated carbocycles. The van der Waals surface area contributed by atoms with Gasteiger partial charge in [-0.2, -0.15) is 0 Å². The number of halogens is 1. The zero-order valence-corrected chi connectivity index (χ0v) is 20.7. The Balaban J connectivity index is 1.50. The number of amides is 4. The van der Waals surface area contributed by atoms with Crippen LogP contribution in [-0.2, 0) is 9.59 Å². The Hall–Kier alpha value is -2.88. The van der Waals surface area contributed by atoms with Crippen LogP contribution < -0.4 is 21.0 Å². The maximum atomic E-state index is 14.5. The molecular formula is C25H38FN5O4. The first-order valence-corrected chi connectivity index (χ1v) is 12.5. The Morgan fingerprint density at radius 2 is 1.83 bits per heavy atom. The lowest BCUT2D eigenvalue weighted by molar-refractivity contribution is -0.141. The molecule has 194 valence electrons. The van der Waals surface area contributed by atoms with Gasteiger partial charge >= 0.3 is 6.03 Å². The Morgan fingerprint density at radius 3 is 2.46 bits per heavy atom. The van der Waals surface area contributed by atoms with Crippen LogP contribution in [0.15, 0.2) is 18.2 Å². The van der Waals surface area contributed by atoms with Crippen molar-refractivity contribution in [2.75, 3.05) is 42.9 Å². The van der Waals surface area contributed by atoms with Gasteiger partial charge in [0.1, 0.15) is 12.4 Å². The standard InChI is InChI=1S/C25H38FN5O4/c1-25(2,14-23(33)31(16-22(32)29-35)15-18-7-3-4-8-18)17-27-24(34)28-19-9-10-21(20(26)13-19)30-11-5-6-12-30/h9-10,13,18,35H,3-8,11-12,14-17H2,1-2H3,(H,29,32)(H2,27,28,34). The molecule has 10 heteroatoms. The third-order valence-corrected chi connectivity index (χ3v) is 6.77. The number of carbonyl (C=O) groups excluding carboxylic acids is 3. The van der Waals surface area contributed by atoms with E-state index in [0.717, 1.165) is 51.6 Å². The first-order chi connectivity index (χ1) is 16.7. The third-order valence-electron chi connectivity index (χ3n) is 6.77. The van der Waals surface area contributed by atoms with E-state index in [9.17, 15) is 18.8 Å². The van der Waals surface area contributed by atoms with Crippen molar-refractivity contribution in [3.63, 3.8) is 0 Å². The highest BCUT2D eigenvalue weighted by molar-refractivity contribution is 5.89. The molecule has 0 unspecified atom stereocenters. The summed E-state index contributed by atoms with van der Waals surface area (Å²) in [6.45, 7) is 5.87. The fourth-order valence-corrected chi connectivity index (χ4v) is 4.85. The van der Waals surface area contributed by atoms with Gasteiger partial charge in [-0.3, -0.25) is 14.8 Å². The summed E-state index contributed by atoms with van der Waals surface area (Å²) in [6.07, 6.45) is 6.51. The molecule has 0 aromatic heterocycles. The van der Waals surface area contributed by atoms with Gasteiger partial charge in [0.15, 0.2) is 0 Å². The maximum Gasteiger partial charge on any atom is 0.319 e. The molecule has 2 fully saturated rings. The number of nitrogens with zero attached hydrogens (tertiary/aromatic N) is 2. The second kappa shape index (κ2) is 12.2. The van der Waals surface area contributed by atoms with Gasteiger partial charge in [-0.05, 0) is 55.2 Å². The van der Waals surface area contributed by atoms with Crippen molar-refractivity contribution < 1.29 is 24.0 Å². The van der Waals surface area contributed by atoms with Crippen LogP contribution in [0.3, 0.4) is 0 Å². The number of hydrogen-bond acceptors (Lipinski definition) is 5. The molecule has 3 rings (SSSR count). The van der Waals surface area contributed by atoms with Gasteiger partial charge < -0.3 is 20.4 Å². The molecular weight excluding hydrogens is 453 g/mol. The van der Waals surface area contributed by atoms with Crippen LogP contribution in [0.2, 0.25) is 0 Å². The minimum absolute atomic E-state index is 0.123. The Kier molecular flexibility index (Phi) is 9.31. The summed E-state index contributed by atoms with van der Waals surface area (Å²) in [4.78, 5) is 40.6. The highest BCUT2D eigenvalue weighted by Gasteiger charge is 2.29. The van der Waals surface area contributed by atoms with Crippen LogP contribution in [-0.4, -0.2) is 60.7 Å². The number of nitrogens with one attached hydrogen (secondary N) is 3. The Bertz CT molecular complexity index is 898. The molecule has 4 amide bonds. The smallest absolute Gasteiger partial charge is 0.319 e. The minimum atomic E-state index is -0.630. The van der Waals surface area contributed by atoms with Crippen LogP contribution in [0.25, 0.3) is 0 Å². The number of hydrogen-bond donors (Lipinski definition) is 4. The lowest BCUT2D eigenvalue weighted by Gasteiger charge is -2.30. The lowest BCUT2D eigenvalue weighted by atomic mass is 9.88. The average Bonchev–Trinajstić information content (AvgIpc) is 3.51. The van der Waals surface area contributed by atoms with E-state index in [-0.39, 0.29) is 31.2 Å². The molecule has 0 spiro atoms. The molecule has 35 heavy (non-hydrogen) atoms. The van der Waals surface area contributed by atoms with Crippen molar-refractivity contribution in [2.45, 2.75) is 58.8 Å². The van der Waals surface area contributed by atoms with E-state index in [1.807, 2.05) is 18.7 Å². The van der Waals surface area contributed by atoms with E-state index in [1.54, 1.807) is 17.6 Å². The van der Waals surface area contributed by atoms with Crippen molar-refractivity contribution >= 4 is 29.2 Å². The molecule has 4 N–H and O–H groups in total. The first-order valence-electron chi connectivity index (χ1n) is 12.5. The number of benzene rings is 1. The van der Waals surface area contributed by atoms with Gasteiger partial charge in [0.05, 0.1) is 5.69 Å². The van der Waals surface area contributed by atoms with Gasteiger partial charge in [0, 0.05) is 38.3 Å². The topological polar surface area (TPSA) is 114 Å². The molecule has 1 heterocycles. The van der Waals surface area contributed by atoms with Crippen molar-refractivity contribution in [2.24, 2.45) is 11.3 Å². The minimum Gasteiger partial charge on any atom is -0.369 e. The Morgan fingerprint density at radius 1 is 1.14 bits per heavy atom. The summed E-state index contributed by atoms with van der Waals surface area (Å²) in [5, 5.41) is 14.3. The zero-order valence-electron chi connectivity index (χ0n) is 20.7. The van der Waals surface area contributed by atoms with Crippen LogP contribution in [0.5, 0.6) is 0 Å². The number of carbonyl (C=O) groups is 3. The summed E-state index contributed by atoms with van der Waals surface area (Å²) in [5.74, 6) is -0.846. The van der Waals surface area contributed by atoms with Crippen LogP contribution >= 0.6 is 0 Å².